The molecule has 1 atom stereocenters. The van der Waals surface area contributed by atoms with Gasteiger partial charge in [0.25, 0.3) is 5.89 Å². The van der Waals surface area contributed by atoms with Crippen molar-refractivity contribution in [2.75, 3.05) is 11.4 Å². The van der Waals surface area contributed by atoms with Gasteiger partial charge in [-0.1, -0.05) is 17.2 Å². The van der Waals surface area contributed by atoms with Gasteiger partial charge in [-0.25, -0.2) is 9.50 Å². The Balaban J connectivity index is 1.45. The van der Waals surface area contributed by atoms with Gasteiger partial charge in [0.05, 0.1) is 23.2 Å². The van der Waals surface area contributed by atoms with Crippen LogP contribution in [0.5, 0.6) is 0 Å². The second-order valence-electron chi connectivity index (χ2n) is 7.31. The van der Waals surface area contributed by atoms with E-state index in [2.05, 4.69) is 36.1 Å². The molecule has 1 aliphatic rings. The van der Waals surface area contributed by atoms with Crippen LogP contribution in [-0.2, 0) is 6.42 Å². The minimum absolute atomic E-state index is 0.224. The summed E-state index contributed by atoms with van der Waals surface area (Å²) in [6.45, 7) is 2.68. The summed E-state index contributed by atoms with van der Waals surface area (Å²) in [6, 6.07) is 12.1. The molecule has 0 spiro atoms. The smallest absolute Gasteiger partial charge is 0.319 e. The van der Waals surface area contributed by atoms with Gasteiger partial charge in [0, 0.05) is 31.1 Å². The first-order valence-corrected chi connectivity index (χ1v) is 9.76. The van der Waals surface area contributed by atoms with Gasteiger partial charge in [-0.15, -0.1) is 5.10 Å². The van der Waals surface area contributed by atoms with Crippen molar-refractivity contribution in [3.8, 4) is 11.6 Å². The molecule has 0 saturated carbocycles. The number of H-pyrrole nitrogens is 1. The number of pyridine rings is 2. The fourth-order valence-corrected chi connectivity index (χ4v) is 4.01. The molecule has 0 saturated heterocycles. The summed E-state index contributed by atoms with van der Waals surface area (Å²) in [5, 5.41) is 13.4. The van der Waals surface area contributed by atoms with Crippen LogP contribution in [0.3, 0.4) is 0 Å². The predicted molar refractivity (Wildman–Crippen MR) is 109 cm³/mol. The number of nitrogens with zero attached hydrogens (tertiary/aromatic N) is 7. The van der Waals surface area contributed by atoms with Crippen LogP contribution in [0.15, 0.2) is 59.5 Å². The first-order valence-electron chi connectivity index (χ1n) is 9.76. The summed E-state index contributed by atoms with van der Waals surface area (Å²) < 4.78 is 7.94. The van der Waals surface area contributed by atoms with E-state index in [9.17, 15) is 0 Å². The van der Waals surface area contributed by atoms with Gasteiger partial charge in [0.2, 0.25) is 0 Å². The van der Waals surface area contributed by atoms with Crippen LogP contribution in [0.4, 0.5) is 6.01 Å². The summed E-state index contributed by atoms with van der Waals surface area (Å²) in [6.07, 6.45) is 6.20. The van der Waals surface area contributed by atoms with Gasteiger partial charge < -0.3 is 14.3 Å². The van der Waals surface area contributed by atoms with E-state index in [1.165, 1.54) is 0 Å². The van der Waals surface area contributed by atoms with Crippen molar-refractivity contribution >= 4 is 11.5 Å². The number of aromatic nitrogens is 7. The molecule has 9 nitrogen and oxygen atoms in total. The third-order valence-electron chi connectivity index (χ3n) is 5.47. The molecular formula is C21H18N8O. The lowest BCUT2D eigenvalue weighted by Crippen LogP contribution is -2.36. The Labute approximate surface area is 171 Å². The fraction of sp³-hybridized carbons (Fsp3) is 0.190. The molecule has 0 bridgehead atoms. The van der Waals surface area contributed by atoms with E-state index in [0.717, 1.165) is 34.6 Å². The molecule has 0 amide bonds. The highest BCUT2D eigenvalue weighted by Crippen LogP contribution is 2.37. The SMILES string of the molecule is Cc1cccnc1-c1nnc(N2CCc3[nH]cnc3[C@H]2c2cc3ccccn3n2)o1. The average Bonchev–Trinajstić information content (AvgIpc) is 3.51. The lowest BCUT2D eigenvalue weighted by Gasteiger charge is -2.32. The highest BCUT2D eigenvalue weighted by Gasteiger charge is 2.36. The standard InChI is InChI=1S/C21H18N8O/c1-13-5-4-8-22-17(13)20-25-26-21(30-20)28-10-7-15-18(24-12-23-15)19(28)16-11-14-6-2-3-9-29(14)27-16/h2-6,8-9,11-12,19H,7,10H2,1H3,(H,23,24)/t19-/m1/s1. The highest BCUT2D eigenvalue weighted by atomic mass is 16.4. The average molecular weight is 398 g/mol. The summed E-state index contributed by atoms with van der Waals surface area (Å²) in [5.41, 5.74) is 5.61. The van der Waals surface area contributed by atoms with Gasteiger partial charge in [-0.2, -0.15) is 5.10 Å². The number of hydrogen-bond acceptors (Lipinski definition) is 7. The van der Waals surface area contributed by atoms with E-state index < -0.39 is 0 Å². The molecule has 5 aromatic rings. The molecule has 0 fully saturated rings. The van der Waals surface area contributed by atoms with Crippen molar-refractivity contribution < 1.29 is 4.42 Å². The van der Waals surface area contributed by atoms with Crippen LogP contribution in [0.25, 0.3) is 17.1 Å². The van der Waals surface area contributed by atoms with Gasteiger partial charge in [0.1, 0.15) is 11.7 Å². The highest BCUT2D eigenvalue weighted by molar-refractivity contribution is 5.55. The number of aryl methyl sites for hydroxylation is 1. The Kier molecular flexibility index (Phi) is 3.67. The molecule has 1 aliphatic heterocycles. The van der Waals surface area contributed by atoms with Crippen molar-refractivity contribution in [3.63, 3.8) is 0 Å². The van der Waals surface area contributed by atoms with E-state index in [1.54, 1.807) is 12.5 Å². The van der Waals surface area contributed by atoms with Crippen LogP contribution >= 0.6 is 0 Å². The van der Waals surface area contributed by atoms with Crippen LogP contribution in [0.2, 0.25) is 0 Å². The molecule has 30 heavy (non-hydrogen) atoms. The first kappa shape index (κ1) is 16.9. The van der Waals surface area contributed by atoms with Crippen LogP contribution in [-0.4, -0.2) is 41.3 Å². The van der Waals surface area contributed by atoms with E-state index in [4.69, 9.17) is 9.52 Å². The first-order chi connectivity index (χ1) is 14.8. The monoisotopic (exact) mass is 398 g/mol. The maximum Gasteiger partial charge on any atom is 0.319 e. The Hall–Kier alpha value is -4.01. The van der Waals surface area contributed by atoms with Gasteiger partial charge >= 0.3 is 6.01 Å². The topological polar surface area (TPSA) is 101 Å². The minimum Gasteiger partial charge on any atom is -0.402 e. The quantitative estimate of drug-likeness (QED) is 0.498. The molecule has 0 radical (unpaired) electrons. The second-order valence-corrected chi connectivity index (χ2v) is 7.31. The van der Waals surface area contributed by atoms with Crippen molar-refractivity contribution in [1.29, 1.82) is 0 Å². The molecule has 0 unspecified atom stereocenters. The zero-order valence-corrected chi connectivity index (χ0v) is 16.2. The molecule has 6 heterocycles. The fourth-order valence-electron chi connectivity index (χ4n) is 4.01. The number of fused-ring (bicyclic) bond motifs is 2. The van der Waals surface area contributed by atoms with Crippen LogP contribution < -0.4 is 4.90 Å². The van der Waals surface area contributed by atoms with E-state index >= 15 is 0 Å². The number of imidazole rings is 1. The maximum absolute atomic E-state index is 6.08. The van der Waals surface area contributed by atoms with Crippen molar-refractivity contribution in [1.82, 2.24) is 34.8 Å². The third kappa shape index (κ3) is 2.59. The normalized spacial score (nSPS) is 16.2. The van der Waals surface area contributed by atoms with Crippen molar-refractivity contribution in [2.24, 2.45) is 0 Å². The number of hydrogen-bond donors (Lipinski definition) is 1. The number of rotatable bonds is 3. The lowest BCUT2D eigenvalue weighted by atomic mass is 10.0. The molecular weight excluding hydrogens is 380 g/mol. The van der Waals surface area contributed by atoms with Gasteiger partial charge in [0.15, 0.2) is 0 Å². The Morgan fingerprint density at radius 3 is 3.00 bits per heavy atom. The number of anilines is 1. The van der Waals surface area contributed by atoms with E-state index in [0.29, 0.717) is 24.1 Å². The minimum atomic E-state index is -0.224. The van der Waals surface area contributed by atoms with Gasteiger partial charge in [-0.05, 0) is 36.8 Å². The van der Waals surface area contributed by atoms with Crippen LogP contribution in [0, 0.1) is 6.92 Å². The molecule has 6 rings (SSSR count). The van der Waals surface area contributed by atoms with Gasteiger partial charge in [-0.3, -0.25) is 4.98 Å². The zero-order valence-electron chi connectivity index (χ0n) is 16.2. The molecule has 0 aliphatic carbocycles. The molecule has 1 N–H and O–H groups in total. The van der Waals surface area contributed by atoms with E-state index in [-0.39, 0.29) is 6.04 Å². The van der Waals surface area contributed by atoms with Crippen LogP contribution in [0.1, 0.15) is 28.7 Å². The van der Waals surface area contributed by atoms with Crippen molar-refractivity contribution in [2.45, 2.75) is 19.4 Å². The largest absolute Gasteiger partial charge is 0.402 e. The molecule has 0 aromatic carbocycles. The van der Waals surface area contributed by atoms with E-state index in [1.807, 2.05) is 48.0 Å². The summed E-state index contributed by atoms with van der Waals surface area (Å²) in [5.74, 6) is 0.407. The zero-order chi connectivity index (χ0) is 20.1. The number of nitrogens with one attached hydrogen (secondary N) is 1. The maximum atomic E-state index is 6.08. The summed E-state index contributed by atoms with van der Waals surface area (Å²) >= 11 is 0. The molecule has 148 valence electrons. The number of aromatic amines is 1. The summed E-state index contributed by atoms with van der Waals surface area (Å²) in [7, 11) is 0. The second kappa shape index (κ2) is 6.51. The molecule has 9 heteroatoms. The lowest BCUT2D eigenvalue weighted by molar-refractivity contribution is 0.502. The Morgan fingerprint density at radius 2 is 2.10 bits per heavy atom. The molecule has 5 aromatic heterocycles. The Morgan fingerprint density at radius 1 is 1.13 bits per heavy atom. The Bertz CT molecular complexity index is 1320. The third-order valence-corrected chi connectivity index (χ3v) is 5.47. The summed E-state index contributed by atoms with van der Waals surface area (Å²) in [4.78, 5) is 14.3. The van der Waals surface area contributed by atoms with Crippen molar-refractivity contribution in [3.05, 3.63) is 77.8 Å². The predicted octanol–water partition coefficient (Wildman–Crippen LogP) is 2.96.